The summed E-state index contributed by atoms with van der Waals surface area (Å²) in [6, 6.07) is 6.72. The predicted molar refractivity (Wildman–Crippen MR) is 102 cm³/mol. The number of morpholine rings is 1. The molecule has 28 heavy (non-hydrogen) atoms. The van der Waals surface area contributed by atoms with Gasteiger partial charge in [-0.25, -0.2) is 4.79 Å². The molecule has 0 saturated carbocycles. The molecule has 0 aliphatic carbocycles. The van der Waals surface area contributed by atoms with Gasteiger partial charge >= 0.3 is 6.09 Å². The third-order valence-corrected chi connectivity index (χ3v) is 3.97. The van der Waals surface area contributed by atoms with Gasteiger partial charge in [0.2, 0.25) is 0 Å². The van der Waals surface area contributed by atoms with Crippen molar-refractivity contribution in [2.45, 2.75) is 39.4 Å². The van der Waals surface area contributed by atoms with Gasteiger partial charge in [-0.3, -0.25) is 9.59 Å². The summed E-state index contributed by atoms with van der Waals surface area (Å²) in [6.45, 7) is 8.15. The number of benzene rings is 1. The maximum atomic E-state index is 12.4. The Labute approximate surface area is 165 Å². The van der Waals surface area contributed by atoms with Gasteiger partial charge in [0.05, 0.1) is 12.7 Å². The fourth-order valence-corrected chi connectivity index (χ4v) is 2.62. The number of alkyl carbamates (subject to hydrolysis) is 1. The summed E-state index contributed by atoms with van der Waals surface area (Å²) < 4.78 is 16.3. The van der Waals surface area contributed by atoms with Crippen LogP contribution < -0.4 is 10.1 Å². The van der Waals surface area contributed by atoms with Crippen molar-refractivity contribution in [1.29, 1.82) is 0 Å². The Kier molecular flexibility index (Phi) is 7.39. The van der Waals surface area contributed by atoms with Crippen molar-refractivity contribution in [3.63, 3.8) is 0 Å². The summed E-state index contributed by atoms with van der Waals surface area (Å²) in [6.07, 6.45) is -0.834. The van der Waals surface area contributed by atoms with Crippen molar-refractivity contribution >= 4 is 17.8 Å². The maximum absolute atomic E-state index is 12.4. The first-order valence-electron chi connectivity index (χ1n) is 9.24. The number of hydrogen-bond acceptors (Lipinski definition) is 6. The van der Waals surface area contributed by atoms with Crippen molar-refractivity contribution in [1.82, 2.24) is 10.2 Å². The van der Waals surface area contributed by atoms with Crippen LogP contribution in [-0.4, -0.2) is 67.2 Å². The zero-order chi connectivity index (χ0) is 20.7. The highest BCUT2D eigenvalue weighted by molar-refractivity contribution is 5.94. The normalized spacial score (nSPS) is 17.0. The zero-order valence-corrected chi connectivity index (χ0v) is 16.8. The molecular formula is C20H28N2O6. The molecule has 8 heteroatoms. The van der Waals surface area contributed by atoms with Gasteiger partial charge in [-0.1, -0.05) is 12.1 Å². The first-order chi connectivity index (χ1) is 13.1. The largest absolute Gasteiger partial charge is 0.484 e. The van der Waals surface area contributed by atoms with Crippen LogP contribution in [-0.2, 0) is 14.3 Å². The molecule has 1 aromatic carbocycles. The van der Waals surface area contributed by atoms with Crippen molar-refractivity contribution in [3.8, 4) is 5.75 Å². The van der Waals surface area contributed by atoms with Crippen LogP contribution in [0.25, 0.3) is 0 Å². The summed E-state index contributed by atoms with van der Waals surface area (Å²) in [7, 11) is 0. The molecule has 0 bridgehead atoms. The van der Waals surface area contributed by atoms with Crippen LogP contribution in [0.1, 0.15) is 38.1 Å². The number of carbonyl (C=O) groups is 3. The van der Waals surface area contributed by atoms with E-state index in [1.807, 2.05) is 0 Å². The maximum Gasteiger partial charge on any atom is 0.407 e. The van der Waals surface area contributed by atoms with Crippen molar-refractivity contribution in [2.75, 3.05) is 32.8 Å². The molecule has 0 aromatic heterocycles. The number of amides is 2. The van der Waals surface area contributed by atoms with E-state index in [0.717, 1.165) is 0 Å². The molecule has 1 fully saturated rings. The molecule has 0 unspecified atom stereocenters. The van der Waals surface area contributed by atoms with E-state index in [9.17, 15) is 14.4 Å². The van der Waals surface area contributed by atoms with E-state index in [1.54, 1.807) is 49.9 Å². The Morgan fingerprint density at radius 3 is 2.71 bits per heavy atom. The molecule has 2 rings (SSSR count). The number of carbonyl (C=O) groups excluding carboxylic acids is 3. The smallest absolute Gasteiger partial charge is 0.407 e. The quantitative estimate of drug-likeness (QED) is 0.745. The van der Waals surface area contributed by atoms with Gasteiger partial charge in [0.15, 0.2) is 12.4 Å². The van der Waals surface area contributed by atoms with E-state index < -0.39 is 11.7 Å². The van der Waals surface area contributed by atoms with Crippen LogP contribution in [0.5, 0.6) is 5.75 Å². The molecule has 2 amide bonds. The number of ether oxygens (including phenoxy) is 3. The molecule has 154 valence electrons. The molecule has 1 saturated heterocycles. The van der Waals surface area contributed by atoms with Gasteiger partial charge in [0.1, 0.15) is 11.4 Å². The number of hydrogen-bond donors (Lipinski definition) is 1. The number of ketones is 1. The minimum absolute atomic E-state index is 0.0646. The van der Waals surface area contributed by atoms with Gasteiger partial charge in [-0.15, -0.1) is 0 Å². The lowest BCUT2D eigenvalue weighted by molar-refractivity contribution is -0.140. The summed E-state index contributed by atoms with van der Waals surface area (Å²) in [5.41, 5.74) is -0.0408. The lowest BCUT2D eigenvalue weighted by Gasteiger charge is -2.33. The summed E-state index contributed by atoms with van der Waals surface area (Å²) in [5, 5.41) is 2.66. The lowest BCUT2D eigenvalue weighted by atomic mass is 10.1. The molecular weight excluding hydrogens is 364 g/mol. The molecule has 1 aromatic rings. The van der Waals surface area contributed by atoms with E-state index in [-0.39, 0.29) is 30.9 Å². The predicted octanol–water partition coefficient (Wildman–Crippen LogP) is 2.02. The van der Waals surface area contributed by atoms with Crippen LogP contribution in [0.4, 0.5) is 4.79 Å². The molecule has 0 radical (unpaired) electrons. The van der Waals surface area contributed by atoms with Crippen LogP contribution in [0.15, 0.2) is 24.3 Å². The van der Waals surface area contributed by atoms with E-state index in [0.29, 0.717) is 31.0 Å². The average Bonchev–Trinajstić information content (AvgIpc) is 2.63. The Hall–Kier alpha value is -2.61. The number of nitrogens with zero attached hydrogens (tertiary/aromatic N) is 1. The van der Waals surface area contributed by atoms with Gasteiger partial charge in [0.25, 0.3) is 5.91 Å². The molecule has 1 aliphatic rings. The summed E-state index contributed by atoms with van der Waals surface area (Å²) in [5.74, 6) is 0.224. The highest BCUT2D eigenvalue weighted by Gasteiger charge is 2.25. The van der Waals surface area contributed by atoms with Crippen LogP contribution in [0, 0.1) is 0 Å². The fraction of sp³-hybridized carbons (Fsp3) is 0.550. The van der Waals surface area contributed by atoms with E-state index in [2.05, 4.69) is 5.32 Å². The third-order valence-electron chi connectivity index (χ3n) is 3.97. The minimum atomic E-state index is -0.573. The highest BCUT2D eigenvalue weighted by Crippen LogP contribution is 2.14. The summed E-state index contributed by atoms with van der Waals surface area (Å²) >= 11 is 0. The monoisotopic (exact) mass is 392 g/mol. The number of nitrogens with one attached hydrogen (secondary N) is 1. The number of rotatable bonds is 6. The van der Waals surface area contributed by atoms with Crippen LogP contribution >= 0.6 is 0 Å². The first-order valence-corrected chi connectivity index (χ1v) is 9.24. The third kappa shape index (κ3) is 7.19. The van der Waals surface area contributed by atoms with Crippen LogP contribution in [0.3, 0.4) is 0 Å². The minimum Gasteiger partial charge on any atom is -0.484 e. The zero-order valence-electron chi connectivity index (χ0n) is 16.8. The Morgan fingerprint density at radius 2 is 2.04 bits per heavy atom. The molecule has 1 heterocycles. The average molecular weight is 392 g/mol. The number of Topliss-reactive ketones (excluding diaryl/α,β-unsaturated/α-hetero) is 1. The standard InChI is InChI=1S/C20H28N2O6/c1-14(23)15-6-5-7-16(10-15)27-13-18(24)22-8-9-26-17(12-22)11-21-19(25)28-20(2,3)4/h5-7,10,17H,8-9,11-13H2,1-4H3,(H,21,25)/t17-/m0/s1. The topological polar surface area (TPSA) is 94.2 Å². The first kappa shape index (κ1) is 21.7. The van der Waals surface area contributed by atoms with Crippen molar-refractivity contribution in [2.24, 2.45) is 0 Å². The summed E-state index contributed by atoms with van der Waals surface area (Å²) in [4.78, 5) is 37.2. The van der Waals surface area contributed by atoms with Gasteiger partial charge in [-0.2, -0.15) is 0 Å². The fourth-order valence-electron chi connectivity index (χ4n) is 2.62. The Balaban J connectivity index is 1.80. The molecule has 8 nitrogen and oxygen atoms in total. The van der Waals surface area contributed by atoms with E-state index in [4.69, 9.17) is 14.2 Å². The molecule has 1 atom stereocenters. The Bertz CT molecular complexity index is 713. The van der Waals surface area contributed by atoms with E-state index in [1.165, 1.54) is 6.92 Å². The van der Waals surface area contributed by atoms with Gasteiger partial charge < -0.3 is 24.4 Å². The molecule has 0 spiro atoms. The van der Waals surface area contributed by atoms with Crippen molar-refractivity contribution < 1.29 is 28.6 Å². The van der Waals surface area contributed by atoms with Crippen molar-refractivity contribution in [3.05, 3.63) is 29.8 Å². The second kappa shape index (κ2) is 9.54. The highest BCUT2D eigenvalue weighted by atomic mass is 16.6. The SMILES string of the molecule is CC(=O)c1cccc(OCC(=O)N2CCO[C@@H](CNC(=O)OC(C)(C)C)C2)c1. The second-order valence-corrected chi connectivity index (χ2v) is 7.59. The molecule has 1 aliphatic heterocycles. The van der Waals surface area contributed by atoms with Gasteiger partial charge in [0, 0.05) is 25.2 Å². The second-order valence-electron chi connectivity index (χ2n) is 7.59. The molecule has 1 N–H and O–H groups in total. The van der Waals surface area contributed by atoms with Crippen LogP contribution in [0.2, 0.25) is 0 Å². The Morgan fingerprint density at radius 1 is 1.29 bits per heavy atom. The van der Waals surface area contributed by atoms with E-state index >= 15 is 0 Å². The lowest BCUT2D eigenvalue weighted by Crippen LogP contribution is -2.51. The van der Waals surface area contributed by atoms with Gasteiger partial charge in [-0.05, 0) is 39.8 Å².